The molecule has 2 nitrogen and oxygen atoms in total. The van der Waals surface area contributed by atoms with Crippen LogP contribution in [0, 0.1) is 0 Å². The summed E-state index contributed by atoms with van der Waals surface area (Å²) >= 11 is 0. The van der Waals surface area contributed by atoms with Gasteiger partial charge in [0.2, 0.25) is 0 Å². The van der Waals surface area contributed by atoms with Gasteiger partial charge in [-0.25, -0.2) is 0 Å². The van der Waals surface area contributed by atoms with Gasteiger partial charge in [0.1, 0.15) is 0 Å². The summed E-state index contributed by atoms with van der Waals surface area (Å²) < 4.78 is 0. The Balaban J connectivity index is 3.74. The van der Waals surface area contributed by atoms with Crippen LogP contribution >= 0.6 is 0 Å². The average molecular weight is 278 g/mol. The first-order valence-corrected chi connectivity index (χ1v) is 7.91. The summed E-state index contributed by atoms with van der Waals surface area (Å²) in [5.74, 6) is 0. The Hall–Kier alpha value is -0.860. The Bertz CT molecular complexity index is 320. The Morgan fingerprint density at radius 1 is 0.900 bits per heavy atom. The maximum Gasteiger partial charge on any atom is 0.0137 e. The number of nitrogens with one attached hydrogen (secondary N) is 1. The van der Waals surface area contributed by atoms with Crippen molar-refractivity contribution in [2.24, 2.45) is 5.73 Å². The van der Waals surface area contributed by atoms with Crippen LogP contribution in [-0.4, -0.2) is 19.6 Å². The van der Waals surface area contributed by atoms with Gasteiger partial charge in [-0.3, -0.25) is 0 Å². The average Bonchev–Trinajstić information content (AvgIpc) is 2.38. The molecule has 0 fully saturated rings. The third-order valence-electron chi connectivity index (χ3n) is 3.28. The molecule has 0 aromatic rings. The van der Waals surface area contributed by atoms with Gasteiger partial charge in [0.25, 0.3) is 0 Å². The topological polar surface area (TPSA) is 38.0 Å². The molecule has 3 N–H and O–H groups in total. The van der Waals surface area contributed by atoms with Crippen molar-refractivity contribution in [2.75, 3.05) is 19.6 Å². The zero-order chi connectivity index (χ0) is 15.2. The predicted octanol–water partition coefficient (Wildman–Crippen LogP) is 4.34. The lowest BCUT2D eigenvalue weighted by Gasteiger charge is -2.03. The van der Waals surface area contributed by atoms with Crippen molar-refractivity contribution in [3.8, 4) is 0 Å². The molecule has 0 saturated carbocycles. The molecule has 0 amide bonds. The van der Waals surface area contributed by atoms with Crippen molar-refractivity contribution in [3.05, 3.63) is 34.9 Å². The van der Waals surface area contributed by atoms with Gasteiger partial charge in [-0.1, -0.05) is 34.9 Å². The maximum absolute atomic E-state index is 5.45. The molecule has 0 bridgehead atoms. The minimum atomic E-state index is 0.770. The van der Waals surface area contributed by atoms with E-state index in [2.05, 4.69) is 51.2 Å². The van der Waals surface area contributed by atoms with E-state index < -0.39 is 0 Å². The van der Waals surface area contributed by atoms with Crippen molar-refractivity contribution in [1.29, 1.82) is 0 Å². The Morgan fingerprint density at radius 2 is 1.50 bits per heavy atom. The fraction of sp³-hybridized carbons (Fsp3) is 0.667. The Kier molecular flexibility index (Phi) is 12.6. The van der Waals surface area contributed by atoms with E-state index in [0.29, 0.717) is 0 Å². The lowest BCUT2D eigenvalue weighted by molar-refractivity contribution is 0.697. The van der Waals surface area contributed by atoms with E-state index in [-0.39, 0.29) is 0 Å². The van der Waals surface area contributed by atoms with Crippen LogP contribution in [0.1, 0.15) is 59.8 Å². The third-order valence-corrected chi connectivity index (χ3v) is 3.28. The van der Waals surface area contributed by atoms with Crippen LogP contribution < -0.4 is 11.1 Å². The molecule has 0 aliphatic carbocycles. The van der Waals surface area contributed by atoms with Gasteiger partial charge in [-0.2, -0.15) is 0 Å². The summed E-state index contributed by atoms with van der Waals surface area (Å²) in [5.41, 5.74) is 9.85. The van der Waals surface area contributed by atoms with E-state index in [1.54, 1.807) is 0 Å². The SMILES string of the molecule is CC(C)=CCCC(C)=CCCC(C)=CCNCCCN. The molecular formula is C18H34N2. The van der Waals surface area contributed by atoms with Crippen LogP contribution in [0.2, 0.25) is 0 Å². The summed E-state index contributed by atoms with van der Waals surface area (Å²) in [6.07, 6.45) is 12.7. The normalized spacial score (nSPS) is 12.7. The van der Waals surface area contributed by atoms with E-state index in [0.717, 1.165) is 32.5 Å². The number of hydrogen-bond donors (Lipinski definition) is 2. The summed E-state index contributed by atoms with van der Waals surface area (Å²) in [5, 5.41) is 3.38. The monoisotopic (exact) mass is 278 g/mol. The number of allylic oxidation sites excluding steroid dienone is 5. The fourth-order valence-corrected chi connectivity index (χ4v) is 1.91. The second kappa shape index (κ2) is 13.1. The highest BCUT2D eigenvalue weighted by atomic mass is 14.8. The largest absolute Gasteiger partial charge is 0.330 e. The first-order chi connectivity index (χ1) is 9.56. The maximum atomic E-state index is 5.45. The third kappa shape index (κ3) is 13.6. The van der Waals surface area contributed by atoms with Crippen LogP contribution in [0.4, 0.5) is 0 Å². The van der Waals surface area contributed by atoms with Crippen LogP contribution in [0.5, 0.6) is 0 Å². The molecule has 0 unspecified atom stereocenters. The molecule has 0 spiro atoms. The van der Waals surface area contributed by atoms with Gasteiger partial charge in [-0.05, 0) is 72.9 Å². The quantitative estimate of drug-likeness (QED) is 0.436. The number of rotatable bonds is 11. The van der Waals surface area contributed by atoms with Crippen LogP contribution in [-0.2, 0) is 0 Å². The molecule has 0 heterocycles. The van der Waals surface area contributed by atoms with E-state index in [1.165, 1.54) is 36.0 Å². The van der Waals surface area contributed by atoms with E-state index in [1.807, 2.05) is 0 Å². The molecule has 0 aliphatic rings. The minimum Gasteiger partial charge on any atom is -0.330 e. The molecule has 0 saturated heterocycles. The van der Waals surface area contributed by atoms with Crippen molar-refractivity contribution in [2.45, 2.75) is 59.8 Å². The van der Waals surface area contributed by atoms with Crippen molar-refractivity contribution in [3.63, 3.8) is 0 Å². The Labute approximate surface area is 126 Å². The molecular weight excluding hydrogens is 244 g/mol. The molecule has 116 valence electrons. The molecule has 0 rings (SSSR count). The molecule has 0 atom stereocenters. The standard InChI is InChI=1S/C18H34N2/c1-16(2)8-5-9-17(3)10-6-11-18(4)12-15-20-14-7-13-19/h8,10,12,20H,5-7,9,11,13-15,19H2,1-4H3. The van der Waals surface area contributed by atoms with Crippen LogP contribution in [0.25, 0.3) is 0 Å². The molecule has 20 heavy (non-hydrogen) atoms. The highest BCUT2D eigenvalue weighted by Crippen LogP contribution is 2.11. The summed E-state index contributed by atoms with van der Waals surface area (Å²) in [6.45, 7) is 11.5. The predicted molar refractivity (Wildman–Crippen MR) is 92.0 cm³/mol. The van der Waals surface area contributed by atoms with Gasteiger partial charge in [0.05, 0.1) is 0 Å². The molecule has 0 aromatic heterocycles. The first-order valence-electron chi connectivity index (χ1n) is 7.91. The van der Waals surface area contributed by atoms with Gasteiger partial charge in [-0.15, -0.1) is 0 Å². The molecule has 0 aromatic carbocycles. The minimum absolute atomic E-state index is 0.770. The number of hydrogen-bond acceptors (Lipinski definition) is 2. The zero-order valence-electron chi connectivity index (χ0n) is 14.0. The van der Waals surface area contributed by atoms with Gasteiger partial charge >= 0.3 is 0 Å². The number of nitrogens with two attached hydrogens (primary N) is 1. The molecule has 0 radical (unpaired) electrons. The van der Waals surface area contributed by atoms with E-state index >= 15 is 0 Å². The lowest BCUT2D eigenvalue weighted by atomic mass is 10.1. The highest BCUT2D eigenvalue weighted by Gasteiger charge is 1.92. The fourth-order valence-electron chi connectivity index (χ4n) is 1.91. The van der Waals surface area contributed by atoms with E-state index in [4.69, 9.17) is 5.73 Å². The molecule has 2 heteroatoms. The van der Waals surface area contributed by atoms with Crippen molar-refractivity contribution >= 4 is 0 Å². The van der Waals surface area contributed by atoms with E-state index in [9.17, 15) is 0 Å². The smallest absolute Gasteiger partial charge is 0.0137 e. The molecule has 0 aliphatic heterocycles. The van der Waals surface area contributed by atoms with Gasteiger partial charge in [0, 0.05) is 6.54 Å². The first kappa shape index (κ1) is 19.1. The lowest BCUT2D eigenvalue weighted by Crippen LogP contribution is -2.18. The Morgan fingerprint density at radius 3 is 2.10 bits per heavy atom. The zero-order valence-corrected chi connectivity index (χ0v) is 14.0. The highest BCUT2D eigenvalue weighted by molar-refractivity contribution is 5.05. The van der Waals surface area contributed by atoms with Crippen molar-refractivity contribution < 1.29 is 0 Å². The second-order valence-corrected chi connectivity index (χ2v) is 5.81. The summed E-state index contributed by atoms with van der Waals surface area (Å²) in [4.78, 5) is 0. The van der Waals surface area contributed by atoms with Crippen molar-refractivity contribution in [1.82, 2.24) is 5.32 Å². The summed E-state index contributed by atoms with van der Waals surface area (Å²) in [6, 6.07) is 0. The van der Waals surface area contributed by atoms with Gasteiger partial charge in [0.15, 0.2) is 0 Å². The summed E-state index contributed by atoms with van der Waals surface area (Å²) in [7, 11) is 0. The second-order valence-electron chi connectivity index (χ2n) is 5.81. The van der Waals surface area contributed by atoms with Crippen LogP contribution in [0.3, 0.4) is 0 Å². The van der Waals surface area contributed by atoms with Gasteiger partial charge < -0.3 is 11.1 Å². The van der Waals surface area contributed by atoms with Crippen LogP contribution in [0.15, 0.2) is 34.9 Å².